The molecule has 8 aromatic rings. The molecule has 0 unspecified atom stereocenters. The smallest absolute Gasteiger partial charge is 0.0534 e. The van der Waals surface area contributed by atoms with Crippen LogP contribution in [0, 0.1) is 0 Å². The molecule has 2 nitrogen and oxygen atoms in total. The van der Waals surface area contributed by atoms with E-state index in [9.17, 15) is 0 Å². The molecule has 40 heavy (non-hydrogen) atoms. The van der Waals surface area contributed by atoms with E-state index < -0.39 is 0 Å². The summed E-state index contributed by atoms with van der Waals surface area (Å²) in [4.78, 5) is 0. The number of hydrogen-bond acceptors (Lipinski definition) is 0. The number of fused-ring (bicyclic) bond motifs is 3. The maximum Gasteiger partial charge on any atom is 0.0534 e. The molecule has 2 heterocycles. The summed E-state index contributed by atoms with van der Waals surface area (Å²) in [5, 5.41) is 4.99. The molecule has 0 aliphatic carbocycles. The minimum absolute atomic E-state index is 1.17. The predicted molar refractivity (Wildman–Crippen MR) is 168 cm³/mol. The normalized spacial score (nSPS) is 11.5. The van der Waals surface area contributed by atoms with E-state index in [2.05, 4.69) is 167 Å². The Hall–Kier alpha value is -5.34. The van der Waals surface area contributed by atoms with Crippen molar-refractivity contribution in [3.05, 3.63) is 158 Å². The van der Waals surface area contributed by atoms with Crippen molar-refractivity contribution >= 4 is 32.6 Å². The summed E-state index contributed by atoms with van der Waals surface area (Å²) in [6, 6.07) is 52.4. The summed E-state index contributed by atoms with van der Waals surface area (Å²) in [7, 11) is 0. The van der Waals surface area contributed by atoms with Crippen molar-refractivity contribution in [3.8, 4) is 33.6 Å². The molecule has 0 aliphatic heterocycles. The number of benzene rings is 6. The fourth-order valence-corrected chi connectivity index (χ4v) is 5.94. The highest BCUT2D eigenvalue weighted by molar-refractivity contribution is 5.95. The molecule has 0 saturated heterocycles. The number of aromatic nitrogens is 2. The molecule has 0 aliphatic rings. The van der Waals surface area contributed by atoms with E-state index in [0.717, 1.165) is 0 Å². The van der Waals surface area contributed by atoms with Crippen LogP contribution in [0.4, 0.5) is 0 Å². The Morgan fingerprint density at radius 3 is 1.68 bits per heavy atom. The molecule has 0 atom stereocenters. The molecule has 0 radical (unpaired) electrons. The molecule has 0 fully saturated rings. The zero-order chi connectivity index (χ0) is 26.5. The summed E-state index contributed by atoms with van der Waals surface area (Å²) in [5.74, 6) is 0. The van der Waals surface area contributed by atoms with Crippen LogP contribution >= 0.6 is 0 Å². The van der Waals surface area contributed by atoms with Crippen LogP contribution in [-0.4, -0.2) is 9.13 Å². The Morgan fingerprint density at radius 2 is 0.925 bits per heavy atom. The van der Waals surface area contributed by atoms with Gasteiger partial charge in [-0.1, -0.05) is 91.0 Å². The Morgan fingerprint density at radius 1 is 0.350 bits per heavy atom. The number of nitrogens with zero attached hydrogens (tertiary/aromatic N) is 2. The van der Waals surface area contributed by atoms with Crippen LogP contribution in [0.5, 0.6) is 0 Å². The monoisotopic (exact) mass is 510 g/mol. The van der Waals surface area contributed by atoms with Crippen LogP contribution in [0.2, 0.25) is 0 Å². The summed E-state index contributed by atoms with van der Waals surface area (Å²) in [6.45, 7) is 0. The third-order valence-corrected chi connectivity index (χ3v) is 7.99. The highest BCUT2D eigenvalue weighted by Crippen LogP contribution is 2.32. The molecule has 0 saturated carbocycles. The van der Waals surface area contributed by atoms with E-state index in [1.54, 1.807) is 0 Å². The Kier molecular flexibility index (Phi) is 5.17. The molecule has 0 amide bonds. The van der Waals surface area contributed by atoms with Crippen molar-refractivity contribution in [2.75, 3.05) is 0 Å². The van der Waals surface area contributed by atoms with Crippen LogP contribution in [0.1, 0.15) is 0 Å². The van der Waals surface area contributed by atoms with Gasteiger partial charge < -0.3 is 9.13 Å². The van der Waals surface area contributed by atoms with Crippen LogP contribution in [-0.2, 0) is 0 Å². The first-order chi connectivity index (χ1) is 19.8. The van der Waals surface area contributed by atoms with E-state index in [4.69, 9.17) is 0 Å². The topological polar surface area (TPSA) is 9.86 Å². The zero-order valence-electron chi connectivity index (χ0n) is 21.9. The van der Waals surface area contributed by atoms with E-state index in [1.165, 1.54) is 66.2 Å². The van der Waals surface area contributed by atoms with E-state index in [-0.39, 0.29) is 0 Å². The van der Waals surface area contributed by atoms with Crippen molar-refractivity contribution in [2.24, 2.45) is 0 Å². The molecular formula is C38H26N2. The summed E-state index contributed by atoms with van der Waals surface area (Å²) in [6.07, 6.45) is 4.35. The fraction of sp³-hybridized carbons (Fsp3) is 0. The molecule has 0 bridgehead atoms. The van der Waals surface area contributed by atoms with E-state index >= 15 is 0 Å². The summed E-state index contributed by atoms with van der Waals surface area (Å²) < 4.78 is 4.56. The average molecular weight is 511 g/mol. The lowest BCUT2D eigenvalue weighted by molar-refractivity contribution is 1.13. The van der Waals surface area contributed by atoms with Crippen molar-refractivity contribution in [2.45, 2.75) is 0 Å². The molecule has 188 valence electrons. The first-order valence-corrected chi connectivity index (χ1v) is 13.7. The quantitative estimate of drug-likeness (QED) is 0.223. The van der Waals surface area contributed by atoms with Crippen LogP contribution < -0.4 is 0 Å². The first-order valence-electron chi connectivity index (χ1n) is 13.7. The summed E-state index contributed by atoms with van der Waals surface area (Å²) in [5.41, 5.74) is 9.72. The third-order valence-electron chi connectivity index (χ3n) is 7.99. The van der Waals surface area contributed by atoms with Gasteiger partial charge in [-0.2, -0.15) is 0 Å². The molecule has 2 heteroatoms. The van der Waals surface area contributed by atoms with Crippen LogP contribution in [0.3, 0.4) is 0 Å². The average Bonchev–Trinajstić information content (AvgIpc) is 3.65. The van der Waals surface area contributed by atoms with Gasteiger partial charge in [0.2, 0.25) is 0 Å². The van der Waals surface area contributed by atoms with Crippen LogP contribution in [0.15, 0.2) is 158 Å². The van der Waals surface area contributed by atoms with Gasteiger partial charge in [-0.3, -0.25) is 0 Å². The maximum absolute atomic E-state index is 2.30. The fourth-order valence-electron chi connectivity index (χ4n) is 5.94. The van der Waals surface area contributed by atoms with Crippen molar-refractivity contribution in [3.63, 3.8) is 0 Å². The number of hydrogen-bond donors (Lipinski definition) is 0. The minimum atomic E-state index is 1.17. The summed E-state index contributed by atoms with van der Waals surface area (Å²) >= 11 is 0. The highest BCUT2D eigenvalue weighted by atomic mass is 15.0. The van der Waals surface area contributed by atoms with Gasteiger partial charge in [0.25, 0.3) is 0 Å². The van der Waals surface area contributed by atoms with Gasteiger partial charge in [-0.15, -0.1) is 0 Å². The largest absolute Gasteiger partial charge is 0.317 e. The van der Waals surface area contributed by atoms with E-state index in [0.29, 0.717) is 0 Å². The SMILES string of the molecule is c1ccc(-c2ccc(-n3ccc4cc(-c5ccc6c(ccn6-c6cccc7ccccc67)c5)ccc43)cc2)cc1. The maximum atomic E-state index is 2.30. The molecule has 8 rings (SSSR count). The third kappa shape index (κ3) is 3.73. The van der Waals surface area contributed by atoms with Gasteiger partial charge in [-0.05, 0) is 82.2 Å². The molecular weight excluding hydrogens is 484 g/mol. The molecule has 0 N–H and O–H groups in total. The highest BCUT2D eigenvalue weighted by Gasteiger charge is 2.10. The lowest BCUT2D eigenvalue weighted by atomic mass is 10.0. The molecule has 0 spiro atoms. The van der Waals surface area contributed by atoms with E-state index in [1.807, 2.05) is 0 Å². The van der Waals surface area contributed by atoms with Crippen LogP contribution in [0.25, 0.3) is 66.2 Å². The van der Waals surface area contributed by atoms with Gasteiger partial charge in [-0.25, -0.2) is 0 Å². The van der Waals surface area contributed by atoms with Gasteiger partial charge in [0.1, 0.15) is 0 Å². The lowest BCUT2D eigenvalue weighted by Gasteiger charge is -2.11. The molecule has 6 aromatic carbocycles. The Bertz CT molecular complexity index is 2140. The number of rotatable bonds is 4. The standard InChI is InChI=1S/C38H26N2/c1-2-7-27(8-3-1)28-13-17-34(18-14-28)39-23-21-32-25-30(15-19-36(32)39)31-16-20-37-33(26-31)22-24-40(37)38-12-6-10-29-9-4-5-11-35(29)38/h1-26H. The minimum Gasteiger partial charge on any atom is -0.317 e. The lowest BCUT2D eigenvalue weighted by Crippen LogP contribution is -1.93. The van der Waals surface area contributed by atoms with Crippen molar-refractivity contribution in [1.82, 2.24) is 9.13 Å². The predicted octanol–water partition coefficient (Wildman–Crippen LogP) is 10.1. The first kappa shape index (κ1) is 22.6. The van der Waals surface area contributed by atoms with Gasteiger partial charge in [0.15, 0.2) is 0 Å². The Labute approximate surface area is 233 Å². The van der Waals surface area contributed by atoms with Gasteiger partial charge in [0.05, 0.1) is 16.7 Å². The second-order valence-electron chi connectivity index (χ2n) is 10.3. The second-order valence-corrected chi connectivity index (χ2v) is 10.3. The van der Waals surface area contributed by atoms with Gasteiger partial charge >= 0.3 is 0 Å². The Balaban J connectivity index is 1.13. The van der Waals surface area contributed by atoms with Crippen molar-refractivity contribution < 1.29 is 0 Å². The van der Waals surface area contributed by atoms with Gasteiger partial charge in [0, 0.05) is 34.2 Å². The zero-order valence-corrected chi connectivity index (χ0v) is 21.9. The molecule has 2 aromatic heterocycles. The second kappa shape index (κ2) is 9.14. The van der Waals surface area contributed by atoms with Crippen molar-refractivity contribution in [1.29, 1.82) is 0 Å².